The van der Waals surface area contributed by atoms with Crippen molar-refractivity contribution >= 4 is 11.9 Å². The minimum atomic E-state index is -0.960. The molecule has 0 aliphatic rings. The number of carboxylic acids is 1. The zero-order chi connectivity index (χ0) is 12.9. The summed E-state index contributed by atoms with van der Waals surface area (Å²) in [5, 5.41) is 11.5. The Bertz CT molecular complexity index is 255. The molecule has 0 spiro atoms. The molecule has 0 heterocycles. The Morgan fingerprint density at radius 2 is 1.81 bits per heavy atom. The normalized spacial score (nSPS) is 13.6. The van der Waals surface area contributed by atoms with Crippen LogP contribution < -0.4 is 5.32 Å². The molecular weight excluding hydrogens is 210 g/mol. The first-order valence-electron chi connectivity index (χ1n) is 5.31. The molecule has 0 saturated carbocycles. The van der Waals surface area contributed by atoms with Crippen molar-refractivity contribution in [3.63, 3.8) is 0 Å². The smallest absolute Gasteiger partial charge is 0.320 e. The third-order valence-corrected chi connectivity index (χ3v) is 1.82. The molecule has 0 saturated heterocycles. The second-order valence-corrected chi connectivity index (χ2v) is 5.03. The van der Waals surface area contributed by atoms with Crippen molar-refractivity contribution in [3.05, 3.63) is 0 Å². The summed E-state index contributed by atoms with van der Waals surface area (Å²) in [6, 6.07) is -0.729. The van der Waals surface area contributed by atoms with Crippen molar-refractivity contribution in [3.8, 4) is 0 Å². The number of hydrogen-bond donors (Lipinski definition) is 2. The van der Waals surface area contributed by atoms with Crippen LogP contribution in [0.4, 0.5) is 0 Å². The molecule has 0 aliphatic heterocycles. The fraction of sp³-hybridized carbons (Fsp3) is 0.818. The van der Waals surface area contributed by atoms with Crippen molar-refractivity contribution in [2.45, 2.75) is 46.3 Å². The van der Waals surface area contributed by atoms with Crippen LogP contribution in [-0.4, -0.2) is 35.2 Å². The van der Waals surface area contributed by atoms with E-state index in [0.29, 0.717) is 0 Å². The molecule has 0 fully saturated rings. The van der Waals surface area contributed by atoms with Gasteiger partial charge in [0.2, 0.25) is 0 Å². The third kappa shape index (κ3) is 6.40. The molecule has 0 unspecified atom stereocenters. The third-order valence-electron chi connectivity index (χ3n) is 1.82. The molecule has 1 atom stereocenters. The first-order chi connectivity index (χ1) is 7.13. The molecule has 0 bridgehead atoms. The van der Waals surface area contributed by atoms with Crippen LogP contribution in [0.1, 0.15) is 34.6 Å². The highest BCUT2D eigenvalue weighted by molar-refractivity contribution is 5.76. The summed E-state index contributed by atoms with van der Waals surface area (Å²) in [4.78, 5) is 22.2. The predicted octanol–water partition coefficient (Wildman–Crippen LogP) is 1.03. The number of ether oxygens (including phenoxy) is 1. The van der Waals surface area contributed by atoms with Crippen LogP contribution >= 0.6 is 0 Å². The van der Waals surface area contributed by atoms with Gasteiger partial charge in [-0.3, -0.25) is 14.9 Å². The largest absolute Gasteiger partial charge is 0.480 e. The van der Waals surface area contributed by atoms with E-state index in [1.165, 1.54) is 0 Å². The van der Waals surface area contributed by atoms with E-state index in [1.54, 1.807) is 34.6 Å². The average Bonchev–Trinajstić information content (AvgIpc) is 1.98. The van der Waals surface area contributed by atoms with Crippen LogP contribution in [0, 0.1) is 5.92 Å². The molecule has 0 rings (SSSR count). The number of nitrogens with one attached hydrogen (secondary N) is 1. The van der Waals surface area contributed by atoms with E-state index >= 15 is 0 Å². The molecule has 16 heavy (non-hydrogen) atoms. The number of carbonyl (C=O) groups excluding carboxylic acids is 1. The fourth-order valence-electron chi connectivity index (χ4n) is 1.18. The van der Waals surface area contributed by atoms with Crippen LogP contribution in [0.15, 0.2) is 0 Å². The second-order valence-electron chi connectivity index (χ2n) is 5.03. The maximum absolute atomic E-state index is 11.3. The van der Waals surface area contributed by atoms with Gasteiger partial charge in [-0.25, -0.2) is 0 Å². The van der Waals surface area contributed by atoms with Gasteiger partial charge in [0.15, 0.2) is 0 Å². The summed E-state index contributed by atoms with van der Waals surface area (Å²) in [5.74, 6) is -1.49. The van der Waals surface area contributed by atoms with Crippen molar-refractivity contribution in [1.82, 2.24) is 5.32 Å². The van der Waals surface area contributed by atoms with Gasteiger partial charge < -0.3 is 9.84 Å². The van der Waals surface area contributed by atoms with Gasteiger partial charge in [-0.15, -0.1) is 0 Å². The molecule has 0 aliphatic carbocycles. The second kappa shape index (κ2) is 5.84. The lowest BCUT2D eigenvalue weighted by Crippen LogP contribution is -2.44. The minimum absolute atomic E-state index is 0.0834. The van der Waals surface area contributed by atoms with E-state index in [9.17, 15) is 9.59 Å². The maximum atomic E-state index is 11.3. The summed E-state index contributed by atoms with van der Waals surface area (Å²) >= 11 is 0. The Kier molecular flexibility index (Phi) is 5.44. The van der Waals surface area contributed by atoms with Gasteiger partial charge in [-0.2, -0.15) is 0 Å². The molecule has 0 aromatic carbocycles. The summed E-state index contributed by atoms with van der Waals surface area (Å²) < 4.78 is 5.05. The Morgan fingerprint density at radius 3 is 2.12 bits per heavy atom. The Balaban J connectivity index is 4.12. The number of carbonyl (C=O) groups is 2. The molecule has 5 nitrogen and oxygen atoms in total. The van der Waals surface area contributed by atoms with Crippen LogP contribution in [0.25, 0.3) is 0 Å². The van der Waals surface area contributed by atoms with Crippen LogP contribution in [0.2, 0.25) is 0 Å². The van der Waals surface area contributed by atoms with Gasteiger partial charge in [0, 0.05) is 0 Å². The van der Waals surface area contributed by atoms with Gasteiger partial charge in [-0.05, 0) is 26.7 Å². The Morgan fingerprint density at radius 1 is 1.31 bits per heavy atom. The fourth-order valence-corrected chi connectivity index (χ4v) is 1.18. The van der Waals surface area contributed by atoms with Crippen LogP contribution in [-0.2, 0) is 14.3 Å². The predicted molar refractivity (Wildman–Crippen MR) is 60.1 cm³/mol. The highest BCUT2D eigenvalue weighted by Gasteiger charge is 2.23. The summed E-state index contributed by atoms with van der Waals surface area (Å²) in [7, 11) is 0. The van der Waals surface area contributed by atoms with Crippen molar-refractivity contribution in [2.24, 2.45) is 5.92 Å². The Labute approximate surface area is 96.2 Å². The van der Waals surface area contributed by atoms with Gasteiger partial charge >= 0.3 is 11.9 Å². The maximum Gasteiger partial charge on any atom is 0.320 e. The van der Waals surface area contributed by atoms with Gasteiger partial charge in [-0.1, -0.05) is 13.8 Å². The monoisotopic (exact) mass is 231 g/mol. The lowest BCUT2D eigenvalue weighted by molar-refractivity contribution is -0.154. The quantitative estimate of drug-likeness (QED) is 0.691. The van der Waals surface area contributed by atoms with E-state index in [1.807, 2.05) is 0 Å². The molecule has 0 aromatic rings. The standard InChI is InChI=1S/C11H21NO4/c1-7(2)9(10(14)15)12-6-8(13)16-11(3,4)5/h7,9,12H,6H2,1-5H3,(H,14,15)/t9-/m0/s1. The molecule has 0 aromatic heterocycles. The highest BCUT2D eigenvalue weighted by atomic mass is 16.6. The summed E-state index contributed by atoms with van der Waals surface area (Å²) in [6.45, 7) is 8.76. The number of esters is 1. The molecule has 2 N–H and O–H groups in total. The zero-order valence-corrected chi connectivity index (χ0v) is 10.5. The van der Waals surface area contributed by atoms with Gasteiger partial charge in [0.1, 0.15) is 11.6 Å². The number of aliphatic carboxylic acids is 1. The average molecular weight is 231 g/mol. The topological polar surface area (TPSA) is 75.6 Å². The van der Waals surface area contributed by atoms with E-state index in [4.69, 9.17) is 9.84 Å². The molecule has 0 amide bonds. The lowest BCUT2D eigenvalue weighted by Gasteiger charge is -2.21. The summed E-state index contributed by atoms with van der Waals surface area (Å²) in [5.41, 5.74) is -0.546. The number of carboxylic acid groups (broad SMARTS) is 1. The van der Waals surface area contributed by atoms with Crippen molar-refractivity contribution in [1.29, 1.82) is 0 Å². The zero-order valence-electron chi connectivity index (χ0n) is 10.5. The first-order valence-corrected chi connectivity index (χ1v) is 5.31. The highest BCUT2D eigenvalue weighted by Crippen LogP contribution is 2.07. The molecule has 5 heteroatoms. The Hall–Kier alpha value is -1.10. The molecule has 0 radical (unpaired) electrons. The van der Waals surface area contributed by atoms with Crippen LogP contribution in [0.3, 0.4) is 0 Å². The summed E-state index contributed by atoms with van der Waals surface area (Å²) in [6.07, 6.45) is 0. The van der Waals surface area contributed by atoms with Gasteiger partial charge in [0.25, 0.3) is 0 Å². The van der Waals surface area contributed by atoms with E-state index in [2.05, 4.69) is 5.32 Å². The van der Waals surface area contributed by atoms with E-state index in [-0.39, 0.29) is 12.5 Å². The van der Waals surface area contributed by atoms with E-state index < -0.39 is 23.6 Å². The number of hydrogen-bond acceptors (Lipinski definition) is 4. The van der Waals surface area contributed by atoms with Crippen molar-refractivity contribution < 1.29 is 19.4 Å². The molecular formula is C11H21NO4. The van der Waals surface area contributed by atoms with Gasteiger partial charge in [0.05, 0.1) is 6.54 Å². The lowest BCUT2D eigenvalue weighted by atomic mass is 10.1. The minimum Gasteiger partial charge on any atom is -0.480 e. The first kappa shape index (κ1) is 14.9. The molecule has 94 valence electrons. The van der Waals surface area contributed by atoms with E-state index in [0.717, 1.165) is 0 Å². The SMILES string of the molecule is CC(C)[C@H](NCC(=O)OC(C)(C)C)C(=O)O. The van der Waals surface area contributed by atoms with Crippen molar-refractivity contribution in [2.75, 3.05) is 6.54 Å². The number of rotatable bonds is 5. The van der Waals surface area contributed by atoms with Crippen LogP contribution in [0.5, 0.6) is 0 Å².